The molecule has 0 bridgehead atoms. The minimum absolute atomic E-state index is 0.0768. The van der Waals surface area contributed by atoms with Crippen molar-refractivity contribution < 1.29 is 13.2 Å². The van der Waals surface area contributed by atoms with Crippen LogP contribution in [0.1, 0.15) is 30.1 Å². The molecule has 0 radical (unpaired) electrons. The van der Waals surface area contributed by atoms with Crippen molar-refractivity contribution in [1.82, 2.24) is 10.2 Å². The number of hydrogen-bond donors (Lipinski definition) is 1. The van der Waals surface area contributed by atoms with Gasteiger partial charge in [-0.2, -0.15) is 0 Å². The van der Waals surface area contributed by atoms with Crippen molar-refractivity contribution >= 4 is 27.3 Å². The van der Waals surface area contributed by atoms with Gasteiger partial charge in [0, 0.05) is 18.1 Å². The minimum atomic E-state index is -3.02. The molecule has 7 heteroatoms. The minimum Gasteiger partial charge on any atom is -0.348 e. The summed E-state index contributed by atoms with van der Waals surface area (Å²) in [5.74, 6) is 0.00830. The van der Waals surface area contributed by atoms with E-state index in [9.17, 15) is 13.2 Å². The molecule has 5 nitrogen and oxygen atoms in total. The van der Waals surface area contributed by atoms with Gasteiger partial charge in [0.2, 0.25) is 5.91 Å². The Hall–Kier alpha value is -1.89. The number of benzene rings is 2. The molecule has 1 aliphatic heterocycles. The lowest BCUT2D eigenvalue weighted by molar-refractivity contribution is -0.127. The number of halogens is 1. The molecular weight excluding hydrogens is 384 g/mol. The molecule has 0 spiro atoms. The van der Waals surface area contributed by atoms with E-state index in [1.807, 2.05) is 60.4 Å². The Morgan fingerprint density at radius 3 is 2.30 bits per heavy atom. The standard InChI is InChI=1S/C20H23ClN2O3S/c1-15(17-8-5-9-18(21)14-17)22-20(24)19(16-6-3-2-4-7-16)23-10-12-27(25,26)13-11-23/h2-9,14-15,19H,10-13H2,1H3,(H,22,24). The van der Waals surface area contributed by atoms with Gasteiger partial charge in [0.1, 0.15) is 6.04 Å². The van der Waals surface area contributed by atoms with Gasteiger partial charge < -0.3 is 5.32 Å². The predicted octanol–water partition coefficient (Wildman–Crippen LogP) is 2.99. The molecule has 2 atom stereocenters. The van der Waals surface area contributed by atoms with E-state index in [1.54, 1.807) is 6.07 Å². The number of sulfone groups is 1. The summed E-state index contributed by atoms with van der Waals surface area (Å²) in [5, 5.41) is 3.67. The third-order valence-corrected chi connectivity index (χ3v) is 6.66. The van der Waals surface area contributed by atoms with E-state index < -0.39 is 15.9 Å². The van der Waals surface area contributed by atoms with Crippen molar-refractivity contribution in [3.05, 3.63) is 70.7 Å². The second-order valence-electron chi connectivity index (χ2n) is 6.79. The topological polar surface area (TPSA) is 66.5 Å². The summed E-state index contributed by atoms with van der Waals surface area (Å²) in [6.07, 6.45) is 0. The van der Waals surface area contributed by atoms with Crippen LogP contribution in [-0.4, -0.2) is 43.8 Å². The molecule has 2 unspecified atom stereocenters. The maximum atomic E-state index is 13.1. The average Bonchev–Trinajstić information content (AvgIpc) is 2.64. The Morgan fingerprint density at radius 1 is 1.04 bits per heavy atom. The van der Waals surface area contributed by atoms with Gasteiger partial charge in [0.15, 0.2) is 9.84 Å². The van der Waals surface area contributed by atoms with Crippen LogP contribution in [0.4, 0.5) is 0 Å². The number of rotatable bonds is 5. The first kappa shape index (κ1) is 19.9. The first-order chi connectivity index (χ1) is 12.9. The highest BCUT2D eigenvalue weighted by atomic mass is 35.5. The first-order valence-corrected chi connectivity index (χ1v) is 11.1. The highest BCUT2D eigenvalue weighted by molar-refractivity contribution is 7.91. The maximum absolute atomic E-state index is 13.1. The van der Waals surface area contributed by atoms with Crippen LogP contribution in [0.2, 0.25) is 5.02 Å². The summed E-state index contributed by atoms with van der Waals surface area (Å²) in [5.41, 5.74) is 1.77. The van der Waals surface area contributed by atoms with E-state index in [4.69, 9.17) is 11.6 Å². The van der Waals surface area contributed by atoms with E-state index in [2.05, 4.69) is 5.32 Å². The van der Waals surface area contributed by atoms with Gasteiger partial charge in [0.05, 0.1) is 17.5 Å². The number of carbonyl (C=O) groups is 1. The van der Waals surface area contributed by atoms with Crippen molar-refractivity contribution in [2.75, 3.05) is 24.6 Å². The second-order valence-corrected chi connectivity index (χ2v) is 9.53. The summed E-state index contributed by atoms with van der Waals surface area (Å²) in [4.78, 5) is 15.1. The third-order valence-electron chi connectivity index (χ3n) is 4.82. The van der Waals surface area contributed by atoms with Gasteiger partial charge in [-0.25, -0.2) is 8.42 Å². The molecule has 1 fully saturated rings. The zero-order valence-corrected chi connectivity index (χ0v) is 16.7. The lowest BCUT2D eigenvalue weighted by Crippen LogP contribution is -2.47. The molecule has 3 rings (SSSR count). The predicted molar refractivity (Wildman–Crippen MR) is 107 cm³/mol. The van der Waals surface area contributed by atoms with Crippen molar-refractivity contribution in [2.24, 2.45) is 0 Å². The van der Waals surface area contributed by atoms with E-state index in [0.29, 0.717) is 18.1 Å². The van der Waals surface area contributed by atoms with Gasteiger partial charge in [0.25, 0.3) is 0 Å². The molecule has 0 aromatic heterocycles. The Labute approximate surface area is 165 Å². The highest BCUT2D eigenvalue weighted by Gasteiger charge is 2.33. The molecule has 1 saturated heterocycles. The Kier molecular flexibility index (Phi) is 6.19. The number of amides is 1. The zero-order chi connectivity index (χ0) is 19.4. The molecule has 27 heavy (non-hydrogen) atoms. The van der Waals surface area contributed by atoms with Gasteiger partial charge in [-0.15, -0.1) is 0 Å². The van der Waals surface area contributed by atoms with Crippen LogP contribution in [0, 0.1) is 0 Å². The summed E-state index contributed by atoms with van der Waals surface area (Å²) in [6, 6.07) is 16.1. The molecule has 2 aromatic rings. The normalized spacial score (nSPS) is 19.2. The van der Waals surface area contributed by atoms with Crippen molar-refractivity contribution in [1.29, 1.82) is 0 Å². The van der Waals surface area contributed by atoms with Crippen molar-refractivity contribution in [3.8, 4) is 0 Å². The number of nitrogens with zero attached hydrogens (tertiary/aromatic N) is 1. The van der Waals surface area contributed by atoms with Crippen LogP contribution < -0.4 is 5.32 Å². The van der Waals surface area contributed by atoms with Crippen LogP contribution in [-0.2, 0) is 14.6 Å². The molecular formula is C20H23ClN2O3S. The smallest absolute Gasteiger partial charge is 0.242 e. The Balaban J connectivity index is 1.81. The summed E-state index contributed by atoms with van der Waals surface area (Å²) in [6.45, 7) is 2.61. The van der Waals surface area contributed by atoms with Crippen LogP contribution >= 0.6 is 11.6 Å². The van der Waals surface area contributed by atoms with Crippen LogP contribution in [0.5, 0.6) is 0 Å². The van der Waals surface area contributed by atoms with Gasteiger partial charge in [-0.1, -0.05) is 54.1 Å². The second kappa shape index (κ2) is 8.42. The molecule has 2 aromatic carbocycles. The zero-order valence-electron chi connectivity index (χ0n) is 15.1. The van der Waals surface area contributed by atoms with E-state index in [1.165, 1.54) is 0 Å². The molecule has 1 heterocycles. The summed E-state index contributed by atoms with van der Waals surface area (Å²) in [7, 11) is -3.02. The molecule has 144 valence electrons. The summed E-state index contributed by atoms with van der Waals surface area (Å²) >= 11 is 6.05. The largest absolute Gasteiger partial charge is 0.348 e. The number of nitrogens with one attached hydrogen (secondary N) is 1. The first-order valence-electron chi connectivity index (χ1n) is 8.91. The Bertz CT molecular complexity index is 888. The molecule has 1 aliphatic rings. The molecule has 1 amide bonds. The summed E-state index contributed by atoms with van der Waals surface area (Å²) < 4.78 is 23.6. The van der Waals surface area contributed by atoms with Crippen LogP contribution in [0.25, 0.3) is 0 Å². The average molecular weight is 407 g/mol. The third kappa shape index (κ3) is 5.09. The van der Waals surface area contributed by atoms with E-state index >= 15 is 0 Å². The fraction of sp³-hybridized carbons (Fsp3) is 0.350. The molecule has 0 aliphatic carbocycles. The van der Waals surface area contributed by atoms with E-state index in [0.717, 1.165) is 11.1 Å². The highest BCUT2D eigenvalue weighted by Crippen LogP contribution is 2.25. The van der Waals surface area contributed by atoms with Gasteiger partial charge >= 0.3 is 0 Å². The number of hydrogen-bond acceptors (Lipinski definition) is 4. The van der Waals surface area contributed by atoms with Crippen molar-refractivity contribution in [2.45, 2.75) is 19.0 Å². The number of carbonyl (C=O) groups excluding carboxylic acids is 1. The fourth-order valence-electron chi connectivity index (χ4n) is 3.30. The van der Waals surface area contributed by atoms with E-state index in [-0.39, 0.29) is 23.5 Å². The van der Waals surface area contributed by atoms with Crippen molar-refractivity contribution in [3.63, 3.8) is 0 Å². The van der Waals surface area contributed by atoms with Crippen LogP contribution in [0.3, 0.4) is 0 Å². The maximum Gasteiger partial charge on any atom is 0.242 e. The Morgan fingerprint density at radius 2 is 1.67 bits per heavy atom. The van der Waals surface area contributed by atoms with Gasteiger partial charge in [-0.05, 0) is 30.2 Å². The van der Waals surface area contributed by atoms with Gasteiger partial charge in [-0.3, -0.25) is 9.69 Å². The molecule has 1 N–H and O–H groups in total. The fourth-order valence-corrected chi connectivity index (χ4v) is 4.73. The quantitative estimate of drug-likeness (QED) is 0.828. The van der Waals surface area contributed by atoms with Crippen LogP contribution in [0.15, 0.2) is 54.6 Å². The SMILES string of the molecule is CC(NC(=O)C(c1ccccc1)N1CCS(=O)(=O)CC1)c1cccc(Cl)c1. The molecule has 0 saturated carbocycles. The monoisotopic (exact) mass is 406 g/mol. The lowest BCUT2D eigenvalue weighted by atomic mass is 10.0. The lowest BCUT2D eigenvalue weighted by Gasteiger charge is -2.34.